The molecular weight excluding hydrogens is 182 g/mol. The van der Waals surface area contributed by atoms with Crippen LogP contribution in [-0.4, -0.2) is 36.3 Å². The van der Waals surface area contributed by atoms with E-state index in [9.17, 15) is 0 Å². The fourth-order valence-corrected chi connectivity index (χ4v) is 1.69. The predicted molar refractivity (Wildman–Crippen MR) is 54.5 cm³/mol. The summed E-state index contributed by atoms with van der Waals surface area (Å²) >= 11 is 0. The first-order valence-corrected chi connectivity index (χ1v) is 5.02. The number of ether oxygens (including phenoxy) is 1. The molecule has 0 bridgehead atoms. The van der Waals surface area contributed by atoms with Gasteiger partial charge in [-0.25, -0.2) is 0 Å². The lowest BCUT2D eigenvalue weighted by Gasteiger charge is -2.26. The van der Waals surface area contributed by atoms with E-state index in [0.29, 0.717) is 12.5 Å². The Balaban J connectivity index is 2.21. The number of rotatable bonds is 4. The summed E-state index contributed by atoms with van der Waals surface area (Å²) in [6, 6.07) is 0.628. The second kappa shape index (κ2) is 5.82. The summed E-state index contributed by atoms with van der Waals surface area (Å²) in [5, 5.41) is 14.7. The minimum atomic E-state index is 0.220. The molecule has 5 heteroatoms. The van der Waals surface area contributed by atoms with E-state index in [1.54, 1.807) is 0 Å². The lowest BCUT2D eigenvalue weighted by molar-refractivity contribution is 0.0673. The van der Waals surface area contributed by atoms with Crippen LogP contribution < -0.4 is 11.1 Å². The molecule has 0 aliphatic carbocycles. The maximum absolute atomic E-state index is 8.40. The third kappa shape index (κ3) is 3.93. The Labute approximate surface area is 84.3 Å². The first-order valence-electron chi connectivity index (χ1n) is 5.02. The topological polar surface area (TPSA) is 79.9 Å². The molecule has 1 saturated heterocycles. The Kier molecular flexibility index (Phi) is 4.69. The van der Waals surface area contributed by atoms with Crippen molar-refractivity contribution in [3.63, 3.8) is 0 Å². The van der Waals surface area contributed by atoms with Gasteiger partial charge >= 0.3 is 0 Å². The quantitative estimate of drug-likeness (QED) is 0.264. The summed E-state index contributed by atoms with van der Waals surface area (Å²) in [6.45, 7) is 3.65. The van der Waals surface area contributed by atoms with Crippen LogP contribution in [0, 0.1) is 0 Å². The average molecular weight is 201 g/mol. The van der Waals surface area contributed by atoms with E-state index in [-0.39, 0.29) is 11.9 Å². The zero-order valence-corrected chi connectivity index (χ0v) is 8.57. The monoisotopic (exact) mass is 201 g/mol. The van der Waals surface area contributed by atoms with Crippen LogP contribution in [0.1, 0.15) is 26.2 Å². The first-order chi connectivity index (χ1) is 6.72. The summed E-state index contributed by atoms with van der Waals surface area (Å²) in [5.41, 5.74) is 5.41. The van der Waals surface area contributed by atoms with Gasteiger partial charge in [-0.3, -0.25) is 0 Å². The van der Waals surface area contributed by atoms with Crippen LogP contribution in [-0.2, 0) is 4.74 Å². The van der Waals surface area contributed by atoms with Crippen LogP contribution >= 0.6 is 0 Å². The molecule has 2 unspecified atom stereocenters. The zero-order chi connectivity index (χ0) is 10.4. The Morgan fingerprint density at radius 1 is 1.79 bits per heavy atom. The van der Waals surface area contributed by atoms with Gasteiger partial charge in [-0.1, -0.05) is 5.16 Å². The van der Waals surface area contributed by atoms with E-state index >= 15 is 0 Å². The second-order valence-electron chi connectivity index (χ2n) is 3.78. The van der Waals surface area contributed by atoms with E-state index in [4.69, 9.17) is 15.7 Å². The number of amidine groups is 1. The minimum Gasteiger partial charge on any atom is -0.409 e. The van der Waals surface area contributed by atoms with Gasteiger partial charge in [-0.15, -0.1) is 0 Å². The molecule has 0 radical (unpaired) electrons. The molecule has 1 aliphatic rings. The third-order valence-corrected chi connectivity index (χ3v) is 2.32. The third-order valence-electron chi connectivity index (χ3n) is 2.32. The Bertz CT molecular complexity index is 190. The highest BCUT2D eigenvalue weighted by Crippen LogP contribution is 2.07. The van der Waals surface area contributed by atoms with Crippen molar-refractivity contribution >= 4 is 5.84 Å². The molecule has 0 saturated carbocycles. The van der Waals surface area contributed by atoms with Crippen molar-refractivity contribution in [1.82, 2.24) is 5.32 Å². The van der Waals surface area contributed by atoms with Gasteiger partial charge in [0.2, 0.25) is 0 Å². The van der Waals surface area contributed by atoms with E-state index < -0.39 is 0 Å². The molecular formula is C9H19N3O2. The molecule has 2 atom stereocenters. The Hall–Kier alpha value is -0.810. The maximum atomic E-state index is 8.40. The van der Waals surface area contributed by atoms with Gasteiger partial charge in [0.25, 0.3) is 0 Å². The van der Waals surface area contributed by atoms with Gasteiger partial charge in [-0.2, -0.15) is 0 Å². The molecule has 0 amide bonds. The number of hydrogen-bond acceptors (Lipinski definition) is 4. The van der Waals surface area contributed by atoms with E-state index in [1.807, 2.05) is 6.92 Å². The van der Waals surface area contributed by atoms with Gasteiger partial charge in [0, 0.05) is 25.1 Å². The van der Waals surface area contributed by atoms with Gasteiger partial charge in [0.05, 0.1) is 6.61 Å². The van der Waals surface area contributed by atoms with Crippen LogP contribution in [0.25, 0.3) is 0 Å². The fraction of sp³-hybridized carbons (Fsp3) is 0.889. The number of nitrogens with zero attached hydrogens (tertiary/aromatic N) is 1. The molecule has 82 valence electrons. The van der Waals surface area contributed by atoms with E-state index in [2.05, 4.69) is 10.5 Å². The van der Waals surface area contributed by atoms with Crippen molar-refractivity contribution in [3.8, 4) is 0 Å². The van der Waals surface area contributed by atoms with Gasteiger partial charge in [-0.05, 0) is 19.8 Å². The SMILES string of the molecule is CC(CC(N)=NO)NC1CCCOC1. The second-order valence-corrected chi connectivity index (χ2v) is 3.78. The summed E-state index contributed by atoms with van der Waals surface area (Å²) in [4.78, 5) is 0. The van der Waals surface area contributed by atoms with Crippen LogP contribution in [0.5, 0.6) is 0 Å². The molecule has 0 spiro atoms. The lowest BCUT2D eigenvalue weighted by atomic mass is 10.1. The highest BCUT2D eigenvalue weighted by Gasteiger charge is 2.16. The normalized spacial score (nSPS) is 26.1. The summed E-state index contributed by atoms with van der Waals surface area (Å²) in [5.74, 6) is 0.265. The van der Waals surface area contributed by atoms with E-state index in [1.165, 1.54) is 0 Å². The van der Waals surface area contributed by atoms with Crippen molar-refractivity contribution in [2.45, 2.75) is 38.3 Å². The van der Waals surface area contributed by atoms with Crippen LogP contribution in [0.4, 0.5) is 0 Å². The molecule has 0 aromatic heterocycles. The van der Waals surface area contributed by atoms with Crippen molar-refractivity contribution in [1.29, 1.82) is 0 Å². The summed E-state index contributed by atoms with van der Waals surface area (Å²) in [6.07, 6.45) is 2.81. The lowest BCUT2D eigenvalue weighted by Crippen LogP contribution is -2.43. The zero-order valence-electron chi connectivity index (χ0n) is 8.57. The van der Waals surface area contributed by atoms with Gasteiger partial charge < -0.3 is 21.0 Å². The summed E-state index contributed by atoms with van der Waals surface area (Å²) < 4.78 is 5.34. The molecule has 14 heavy (non-hydrogen) atoms. The molecule has 0 aromatic carbocycles. The first kappa shape index (κ1) is 11.3. The smallest absolute Gasteiger partial charge is 0.140 e. The number of nitrogens with one attached hydrogen (secondary N) is 1. The maximum Gasteiger partial charge on any atom is 0.140 e. The van der Waals surface area contributed by atoms with Gasteiger partial charge in [0.15, 0.2) is 0 Å². The van der Waals surface area contributed by atoms with E-state index in [0.717, 1.165) is 26.1 Å². The number of hydrogen-bond donors (Lipinski definition) is 3. The number of nitrogens with two attached hydrogens (primary N) is 1. The molecule has 1 aliphatic heterocycles. The van der Waals surface area contributed by atoms with Crippen molar-refractivity contribution < 1.29 is 9.94 Å². The standard InChI is InChI=1S/C9H19N3O2/c1-7(5-9(10)12-13)11-8-3-2-4-14-6-8/h7-8,11,13H,2-6H2,1H3,(H2,10,12). The Morgan fingerprint density at radius 3 is 3.14 bits per heavy atom. The molecule has 1 heterocycles. The van der Waals surface area contributed by atoms with Crippen molar-refractivity contribution in [3.05, 3.63) is 0 Å². The largest absolute Gasteiger partial charge is 0.409 e. The Morgan fingerprint density at radius 2 is 2.57 bits per heavy atom. The molecule has 5 nitrogen and oxygen atoms in total. The van der Waals surface area contributed by atoms with Crippen LogP contribution in [0.15, 0.2) is 5.16 Å². The molecule has 4 N–H and O–H groups in total. The highest BCUT2D eigenvalue weighted by molar-refractivity contribution is 5.80. The summed E-state index contributed by atoms with van der Waals surface area (Å²) in [7, 11) is 0. The molecule has 1 fully saturated rings. The van der Waals surface area contributed by atoms with Crippen LogP contribution in [0.2, 0.25) is 0 Å². The highest BCUT2D eigenvalue weighted by atomic mass is 16.5. The van der Waals surface area contributed by atoms with Gasteiger partial charge in [0.1, 0.15) is 5.84 Å². The fourth-order valence-electron chi connectivity index (χ4n) is 1.69. The number of oxime groups is 1. The average Bonchev–Trinajstić information content (AvgIpc) is 2.19. The van der Waals surface area contributed by atoms with Crippen molar-refractivity contribution in [2.24, 2.45) is 10.9 Å². The molecule has 0 aromatic rings. The minimum absolute atomic E-state index is 0.220. The van der Waals surface area contributed by atoms with Crippen LogP contribution in [0.3, 0.4) is 0 Å². The predicted octanol–water partition coefficient (Wildman–Crippen LogP) is 0.280. The van der Waals surface area contributed by atoms with Crippen molar-refractivity contribution in [2.75, 3.05) is 13.2 Å². The molecule has 1 rings (SSSR count).